The van der Waals surface area contributed by atoms with Crippen LogP contribution in [0.15, 0.2) is 36.9 Å². The number of halogens is 3. The summed E-state index contributed by atoms with van der Waals surface area (Å²) in [6.07, 6.45) is 2.47. The predicted octanol–water partition coefficient (Wildman–Crippen LogP) is 5.38. The van der Waals surface area contributed by atoms with Crippen molar-refractivity contribution in [2.24, 2.45) is 5.92 Å². The molecule has 6 heteroatoms. The van der Waals surface area contributed by atoms with Gasteiger partial charge in [-0.3, -0.25) is 0 Å². The molecule has 0 amide bonds. The molecular weight excluding hydrogens is 393 g/mol. The van der Waals surface area contributed by atoms with Gasteiger partial charge in [0.2, 0.25) is 0 Å². The molecule has 1 aliphatic rings. The summed E-state index contributed by atoms with van der Waals surface area (Å²) in [5.41, 5.74) is 0.00234. The molecule has 2 rings (SSSR count). The minimum atomic E-state index is -4.33. The zero-order valence-electron chi connectivity index (χ0n) is 17.1. The lowest BCUT2D eigenvalue weighted by Gasteiger charge is -2.35. The van der Waals surface area contributed by atoms with Gasteiger partial charge in [-0.15, -0.1) is 12.5 Å². The van der Waals surface area contributed by atoms with Crippen molar-refractivity contribution in [3.05, 3.63) is 48.0 Å². The van der Waals surface area contributed by atoms with Gasteiger partial charge in [0.05, 0.1) is 5.56 Å². The zero-order valence-corrected chi connectivity index (χ0v) is 18.0. The molecular formula is C23H29F3N2S. The lowest BCUT2D eigenvalue weighted by molar-refractivity contribution is -0.137. The molecule has 0 N–H and O–H groups in total. The smallest absolute Gasteiger partial charge is 0.362 e. The largest absolute Gasteiger partial charge is 0.416 e. The predicted molar refractivity (Wildman–Crippen MR) is 117 cm³/mol. The summed E-state index contributed by atoms with van der Waals surface area (Å²) >= 11 is 5.53. The van der Waals surface area contributed by atoms with E-state index in [9.17, 15) is 13.2 Å². The van der Waals surface area contributed by atoms with Gasteiger partial charge in [-0.05, 0) is 44.9 Å². The van der Waals surface area contributed by atoms with Crippen LogP contribution in [0, 0.1) is 17.8 Å². The van der Waals surface area contributed by atoms with Crippen LogP contribution >= 0.6 is 12.2 Å². The van der Waals surface area contributed by atoms with E-state index in [1.54, 1.807) is 0 Å². The Hall–Kier alpha value is -1.84. The molecule has 1 aromatic carbocycles. The Kier molecular flexibility index (Phi) is 8.73. The Morgan fingerprint density at radius 2 is 1.79 bits per heavy atom. The quantitative estimate of drug-likeness (QED) is 0.345. The SMILES string of the molecule is C=CCN(C)CCC#CC1CCC(N(C)C(=S)c2ccc(C(F)(F)F)cc2)CC1. The van der Waals surface area contributed by atoms with E-state index >= 15 is 0 Å². The molecule has 0 radical (unpaired) electrons. The number of rotatable bonds is 6. The lowest BCUT2D eigenvalue weighted by atomic mass is 9.85. The van der Waals surface area contributed by atoms with Gasteiger partial charge < -0.3 is 9.80 Å². The van der Waals surface area contributed by atoms with Crippen LogP contribution < -0.4 is 0 Å². The first-order valence-corrected chi connectivity index (χ1v) is 10.4. The fourth-order valence-corrected chi connectivity index (χ4v) is 3.84. The first-order chi connectivity index (χ1) is 13.7. The number of likely N-dealkylation sites (N-methyl/N-ethyl adjacent to an activating group) is 1. The molecule has 29 heavy (non-hydrogen) atoms. The third-order valence-electron chi connectivity index (χ3n) is 5.39. The van der Waals surface area contributed by atoms with Gasteiger partial charge in [0.1, 0.15) is 4.99 Å². The minimum absolute atomic E-state index is 0.307. The molecule has 0 atom stereocenters. The van der Waals surface area contributed by atoms with Crippen molar-refractivity contribution >= 4 is 17.2 Å². The highest BCUT2D eigenvalue weighted by Gasteiger charge is 2.30. The van der Waals surface area contributed by atoms with E-state index < -0.39 is 11.7 Å². The fourth-order valence-electron chi connectivity index (χ4n) is 3.55. The van der Waals surface area contributed by atoms with Gasteiger partial charge >= 0.3 is 6.18 Å². The first kappa shape index (κ1) is 23.4. The highest BCUT2D eigenvalue weighted by molar-refractivity contribution is 7.80. The van der Waals surface area contributed by atoms with Crippen LogP contribution in [-0.4, -0.2) is 48.0 Å². The van der Waals surface area contributed by atoms with Crippen LogP contribution in [0.2, 0.25) is 0 Å². The van der Waals surface area contributed by atoms with E-state index in [4.69, 9.17) is 12.2 Å². The van der Waals surface area contributed by atoms with E-state index in [-0.39, 0.29) is 0 Å². The zero-order chi connectivity index (χ0) is 21.4. The molecule has 0 saturated heterocycles. The topological polar surface area (TPSA) is 6.48 Å². The fraction of sp³-hybridized carbons (Fsp3) is 0.522. The van der Waals surface area contributed by atoms with Crippen molar-refractivity contribution in [1.82, 2.24) is 9.80 Å². The summed E-state index contributed by atoms with van der Waals surface area (Å²) < 4.78 is 38.2. The molecule has 2 nitrogen and oxygen atoms in total. The van der Waals surface area contributed by atoms with Crippen LogP contribution in [0.3, 0.4) is 0 Å². The van der Waals surface area contributed by atoms with Gasteiger partial charge in [0, 0.05) is 44.1 Å². The van der Waals surface area contributed by atoms with Crippen molar-refractivity contribution in [2.45, 2.75) is 44.3 Å². The Balaban J connectivity index is 1.83. The molecule has 0 aliphatic heterocycles. The third-order valence-corrected chi connectivity index (χ3v) is 5.91. The van der Waals surface area contributed by atoms with E-state index in [0.717, 1.165) is 57.3 Å². The Morgan fingerprint density at radius 1 is 1.17 bits per heavy atom. The first-order valence-electron chi connectivity index (χ1n) is 9.94. The number of benzene rings is 1. The molecule has 1 saturated carbocycles. The summed E-state index contributed by atoms with van der Waals surface area (Å²) in [4.78, 5) is 4.82. The van der Waals surface area contributed by atoms with E-state index in [1.165, 1.54) is 12.1 Å². The normalized spacial score (nSPS) is 19.4. The molecule has 158 valence electrons. The lowest BCUT2D eigenvalue weighted by Crippen LogP contribution is -2.38. The van der Waals surface area contributed by atoms with Crippen LogP contribution in [0.25, 0.3) is 0 Å². The second kappa shape index (κ2) is 10.8. The summed E-state index contributed by atoms with van der Waals surface area (Å²) in [7, 11) is 4.00. The van der Waals surface area contributed by atoms with Gasteiger partial charge in [-0.1, -0.05) is 36.3 Å². The molecule has 1 fully saturated rings. The van der Waals surface area contributed by atoms with Crippen molar-refractivity contribution in [3.63, 3.8) is 0 Å². The Labute approximate surface area is 177 Å². The highest BCUT2D eigenvalue weighted by Crippen LogP contribution is 2.30. The number of nitrogens with zero attached hydrogens (tertiary/aromatic N) is 2. The van der Waals surface area contributed by atoms with Crippen LogP contribution in [0.4, 0.5) is 13.2 Å². The van der Waals surface area contributed by atoms with E-state index in [1.807, 2.05) is 18.0 Å². The highest BCUT2D eigenvalue weighted by atomic mass is 32.1. The van der Waals surface area contributed by atoms with Gasteiger partial charge in [0.25, 0.3) is 0 Å². The van der Waals surface area contributed by atoms with Crippen molar-refractivity contribution in [2.75, 3.05) is 27.2 Å². The maximum absolute atomic E-state index is 12.7. The Bertz CT molecular complexity index is 738. The summed E-state index contributed by atoms with van der Waals surface area (Å²) in [6.45, 7) is 5.55. The van der Waals surface area contributed by atoms with E-state index in [2.05, 4.69) is 30.4 Å². The second-order valence-electron chi connectivity index (χ2n) is 7.62. The van der Waals surface area contributed by atoms with Crippen molar-refractivity contribution < 1.29 is 13.2 Å². The number of hydrogen-bond acceptors (Lipinski definition) is 2. The van der Waals surface area contributed by atoms with Crippen LogP contribution in [-0.2, 0) is 6.18 Å². The van der Waals surface area contributed by atoms with Gasteiger partial charge in [-0.25, -0.2) is 0 Å². The standard InChI is InChI=1S/C23H29F3N2S/c1-4-16-27(2)17-6-5-7-18-8-14-21(15-9-18)28(3)22(29)19-10-12-20(13-11-19)23(24,25)26/h4,10-13,18,21H,1,6,8-9,14-17H2,2-3H3. The average molecular weight is 423 g/mol. The molecule has 0 bridgehead atoms. The summed E-state index contributed by atoms with van der Waals surface area (Å²) in [5.74, 6) is 7.12. The minimum Gasteiger partial charge on any atom is -0.362 e. The third kappa shape index (κ3) is 7.17. The number of hydrogen-bond donors (Lipinski definition) is 0. The molecule has 1 aromatic rings. The number of alkyl halides is 3. The summed E-state index contributed by atoms with van der Waals surface area (Å²) in [5, 5.41) is 0. The summed E-state index contributed by atoms with van der Waals surface area (Å²) in [6, 6.07) is 5.41. The Morgan fingerprint density at radius 3 is 2.34 bits per heavy atom. The second-order valence-corrected chi connectivity index (χ2v) is 8.01. The van der Waals surface area contributed by atoms with Gasteiger partial charge in [0.15, 0.2) is 0 Å². The molecule has 0 aromatic heterocycles. The maximum Gasteiger partial charge on any atom is 0.416 e. The van der Waals surface area contributed by atoms with Crippen molar-refractivity contribution in [1.29, 1.82) is 0 Å². The number of thiocarbonyl (C=S) groups is 1. The van der Waals surface area contributed by atoms with E-state index in [0.29, 0.717) is 22.5 Å². The maximum atomic E-state index is 12.7. The monoisotopic (exact) mass is 422 g/mol. The van der Waals surface area contributed by atoms with Crippen LogP contribution in [0.1, 0.15) is 43.2 Å². The van der Waals surface area contributed by atoms with Gasteiger partial charge in [-0.2, -0.15) is 13.2 Å². The van der Waals surface area contributed by atoms with Crippen molar-refractivity contribution in [3.8, 4) is 11.8 Å². The molecule has 0 unspecified atom stereocenters. The average Bonchev–Trinajstić information content (AvgIpc) is 2.70. The molecule has 0 heterocycles. The van der Waals surface area contributed by atoms with Crippen LogP contribution in [0.5, 0.6) is 0 Å². The molecule has 0 spiro atoms. The molecule has 1 aliphatic carbocycles.